The van der Waals surface area contributed by atoms with Gasteiger partial charge >= 0.3 is 0 Å². The monoisotopic (exact) mass is 476 g/mol. The van der Waals surface area contributed by atoms with Crippen molar-refractivity contribution >= 4 is 23.2 Å². The van der Waals surface area contributed by atoms with Crippen molar-refractivity contribution in [1.82, 2.24) is 14.8 Å². The lowest BCUT2D eigenvalue weighted by atomic mass is 10.0. The molecular formula is C26H25ClN4O3. The third kappa shape index (κ3) is 5.21. The Morgan fingerprint density at radius 1 is 1.09 bits per heavy atom. The van der Waals surface area contributed by atoms with Gasteiger partial charge in [0.25, 0.3) is 5.91 Å². The summed E-state index contributed by atoms with van der Waals surface area (Å²) in [6.45, 7) is 4.37. The van der Waals surface area contributed by atoms with Crippen molar-refractivity contribution in [3.8, 4) is 17.2 Å². The molecule has 0 saturated carbocycles. The van der Waals surface area contributed by atoms with Gasteiger partial charge in [-0.15, -0.1) is 0 Å². The predicted molar refractivity (Wildman–Crippen MR) is 132 cm³/mol. The van der Waals surface area contributed by atoms with E-state index < -0.39 is 0 Å². The number of hydrogen-bond donors (Lipinski definition) is 1. The molecule has 4 rings (SSSR count). The zero-order valence-electron chi connectivity index (χ0n) is 19.2. The smallest absolute Gasteiger partial charge is 0.259 e. The summed E-state index contributed by atoms with van der Waals surface area (Å²) in [7, 11) is 1.57. The molecule has 0 atom stereocenters. The summed E-state index contributed by atoms with van der Waals surface area (Å²) in [6, 6.07) is 16.4. The number of carbonyl (C=O) groups is 1. The molecule has 0 saturated heterocycles. The molecule has 2 aromatic carbocycles. The van der Waals surface area contributed by atoms with Gasteiger partial charge in [-0.05, 0) is 42.3 Å². The first-order valence-corrected chi connectivity index (χ1v) is 11.2. The zero-order chi connectivity index (χ0) is 24.1. The van der Waals surface area contributed by atoms with Crippen molar-refractivity contribution < 1.29 is 14.3 Å². The molecule has 174 valence electrons. The summed E-state index contributed by atoms with van der Waals surface area (Å²) >= 11 is 6.16. The molecule has 0 aliphatic rings. The molecule has 0 spiro atoms. The number of nitrogens with zero attached hydrogens (tertiary/aromatic N) is 3. The van der Waals surface area contributed by atoms with Gasteiger partial charge < -0.3 is 14.8 Å². The third-order valence-electron chi connectivity index (χ3n) is 5.19. The van der Waals surface area contributed by atoms with Crippen LogP contribution in [0.3, 0.4) is 0 Å². The molecule has 1 amide bonds. The quantitative estimate of drug-likeness (QED) is 0.343. The van der Waals surface area contributed by atoms with Crippen molar-refractivity contribution in [3.05, 3.63) is 95.0 Å². The van der Waals surface area contributed by atoms with Gasteiger partial charge in [-0.2, -0.15) is 5.10 Å². The fourth-order valence-electron chi connectivity index (χ4n) is 3.61. The van der Waals surface area contributed by atoms with Crippen LogP contribution in [-0.2, 0) is 6.61 Å². The van der Waals surface area contributed by atoms with Crippen molar-refractivity contribution in [2.24, 2.45) is 0 Å². The van der Waals surface area contributed by atoms with Crippen LogP contribution in [0.1, 0.15) is 41.4 Å². The first-order chi connectivity index (χ1) is 16.5. The van der Waals surface area contributed by atoms with E-state index in [1.807, 2.05) is 44.2 Å². The van der Waals surface area contributed by atoms with E-state index in [1.165, 1.54) is 0 Å². The summed E-state index contributed by atoms with van der Waals surface area (Å²) in [5, 5.41) is 8.02. The van der Waals surface area contributed by atoms with Crippen LogP contribution in [0, 0.1) is 0 Å². The van der Waals surface area contributed by atoms with Gasteiger partial charge in [0.15, 0.2) is 11.5 Å². The van der Waals surface area contributed by atoms with Gasteiger partial charge in [0.05, 0.1) is 30.3 Å². The van der Waals surface area contributed by atoms with Crippen LogP contribution < -0.4 is 14.8 Å². The molecule has 1 N–H and O–H groups in total. The molecule has 0 fully saturated rings. The molecule has 0 bridgehead atoms. The number of rotatable bonds is 8. The molecule has 2 aromatic heterocycles. The number of ether oxygens (including phenoxy) is 2. The van der Waals surface area contributed by atoms with Gasteiger partial charge in [-0.1, -0.05) is 37.6 Å². The highest BCUT2D eigenvalue weighted by atomic mass is 35.5. The van der Waals surface area contributed by atoms with Crippen molar-refractivity contribution in [1.29, 1.82) is 0 Å². The number of pyridine rings is 1. The summed E-state index contributed by atoms with van der Waals surface area (Å²) in [4.78, 5) is 17.3. The lowest BCUT2D eigenvalue weighted by Gasteiger charge is -2.15. The molecule has 0 aliphatic carbocycles. The Kier molecular flexibility index (Phi) is 7.13. The molecule has 4 aromatic rings. The van der Waals surface area contributed by atoms with Crippen LogP contribution in [0.25, 0.3) is 5.69 Å². The SMILES string of the molecule is COc1ccc(NC(=O)c2cnn(-c3cccc(Cl)c3)c2C(C)C)cc1OCc1cccnc1. The number of hydrogen-bond acceptors (Lipinski definition) is 5. The Balaban J connectivity index is 1.58. The number of benzene rings is 2. The predicted octanol–water partition coefficient (Wildman–Crippen LogP) is 5.88. The first kappa shape index (κ1) is 23.3. The zero-order valence-corrected chi connectivity index (χ0v) is 19.9. The average Bonchev–Trinajstić information content (AvgIpc) is 3.29. The topological polar surface area (TPSA) is 78.3 Å². The van der Waals surface area contributed by atoms with E-state index in [-0.39, 0.29) is 11.8 Å². The summed E-state index contributed by atoms with van der Waals surface area (Å²) in [6.07, 6.45) is 5.03. The Bertz CT molecular complexity index is 1290. The second kappa shape index (κ2) is 10.4. The highest BCUT2D eigenvalue weighted by Gasteiger charge is 2.21. The maximum atomic E-state index is 13.2. The largest absolute Gasteiger partial charge is 0.493 e. The van der Waals surface area contributed by atoms with E-state index in [0.717, 1.165) is 16.9 Å². The molecular weight excluding hydrogens is 452 g/mol. The number of aromatic nitrogens is 3. The van der Waals surface area contributed by atoms with Gasteiger partial charge in [-0.25, -0.2) is 4.68 Å². The van der Waals surface area contributed by atoms with Crippen LogP contribution in [-0.4, -0.2) is 27.8 Å². The molecule has 0 aliphatic heterocycles. The van der Waals surface area contributed by atoms with E-state index >= 15 is 0 Å². The number of anilines is 1. The van der Waals surface area contributed by atoms with Gasteiger partial charge in [0.2, 0.25) is 0 Å². The summed E-state index contributed by atoms with van der Waals surface area (Å²) in [5.41, 5.74) is 3.59. The summed E-state index contributed by atoms with van der Waals surface area (Å²) in [5.74, 6) is 0.873. The number of nitrogens with one attached hydrogen (secondary N) is 1. The maximum Gasteiger partial charge on any atom is 0.259 e. The molecule has 0 unspecified atom stereocenters. The first-order valence-electron chi connectivity index (χ1n) is 10.8. The fourth-order valence-corrected chi connectivity index (χ4v) is 3.80. The van der Waals surface area contributed by atoms with Crippen molar-refractivity contribution in [2.75, 3.05) is 12.4 Å². The van der Waals surface area contributed by atoms with E-state index in [0.29, 0.717) is 34.4 Å². The minimum atomic E-state index is -0.264. The minimum absolute atomic E-state index is 0.0523. The van der Waals surface area contributed by atoms with E-state index in [4.69, 9.17) is 21.1 Å². The molecule has 8 heteroatoms. The normalized spacial score (nSPS) is 10.9. The third-order valence-corrected chi connectivity index (χ3v) is 5.42. The minimum Gasteiger partial charge on any atom is -0.493 e. The second-order valence-corrected chi connectivity index (χ2v) is 8.40. The van der Waals surface area contributed by atoms with Gasteiger partial charge in [0.1, 0.15) is 6.61 Å². The van der Waals surface area contributed by atoms with Gasteiger partial charge in [0, 0.05) is 34.7 Å². The fraction of sp³-hybridized carbons (Fsp3) is 0.192. The van der Waals surface area contributed by atoms with Crippen LogP contribution in [0.2, 0.25) is 5.02 Å². The van der Waals surface area contributed by atoms with Crippen LogP contribution in [0.4, 0.5) is 5.69 Å². The maximum absolute atomic E-state index is 13.2. The van der Waals surface area contributed by atoms with Crippen molar-refractivity contribution in [3.63, 3.8) is 0 Å². The highest BCUT2D eigenvalue weighted by Crippen LogP contribution is 2.32. The van der Waals surface area contributed by atoms with Crippen LogP contribution in [0.5, 0.6) is 11.5 Å². The lowest BCUT2D eigenvalue weighted by Crippen LogP contribution is -2.15. The summed E-state index contributed by atoms with van der Waals surface area (Å²) < 4.78 is 13.1. The number of halogens is 1. The number of methoxy groups -OCH3 is 1. The molecule has 34 heavy (non-hydrogen) atoms. The average molecular weight is 477 g/mol. The molecule has 0 radical (unpaired) electrons. The van der Waals surface area contributed by atoms with Gasteiger partial charge in [-0.3, -0.25) is 9.78 Å². The molecule has 2 heterocycles. The highest BCUT2D eigenvalue weighted by molar-refractivity contribution is 6.30. The van der Waals surface area contributed by atoms with E-state index in [2.05, 4.69) is 15.4 Å². The molecule has 7 nitrogen and oxygen atoms in total. The Hall–Kier alpha value is -3.84. The lowest BCUT2D eigenvalue weighted by molar-refractivity contribution is 0.102. The van der Waals surface area contributed by atoms with Crippen LogP contribution >= 0.6 is 11.6 Å². The Morgan fingerprint density at radius 3 is 2.65 bits per heavy atom. The van der Waals surface area contributed by atoms with E-state index in [9.17, 15) is 4.79 Å². The number of carbonyl (C=O) groups excluding carboxylic acids is 1. The second-order valence-electron chi connectivity index (χ2n) is 7.96. The standard InChI is InChI=1S/C26H25ClN4O3/c1-17(2)25-22(15-29-31(25)21-8-4-7-19(27)12-21)26(32)30-20-9-10-23(33-3)24(13-20)34-16-18-6-5-11-28-14-18/h4-15,17H,16H2,1-3H3,(H,30,32). The number of amides is 1. The van der Waals surface area contributed by atoms with E-state index in [1.54, 1.807) is 54.6 Å². The van der Waals surface area contributed by atoms with Crippen molar-refractivity contribution in [2.45, 2.75) is 26.4 Å². The Morgan fingerprint density at radius 2 is 1.94 bits per heavy atom. The van der Waals surface area contributed by atoms with Crippen LogP contribution in [0.15, 0.2) is 73.2 Å². The Labute approximate surface area is 203 Å².